The lowest BCUT2D eigenvalue weighted by atomic mass is 10.3. The quantitative estimate of drug-likeness (QED) is 0.677. The molecule has 1 aliphatic carbocycles. The first-order chi connectivity index (χ1) is 8.15. The zero-order chi connectivity index (χ0) is 12.3. The third-order valence-electron chi connectivity index (χ3n) is 2.37. The van der Waals surface area contributed by atoms with Gasteiger partial charge in [-0.25, -0.2) is 4.98 Å². The van der Waals surface area contributed by atoms with Gasteiger partial charge in [-0.05, 0) is 24.4 Å². The summed E-state index contributed by atoms with van der Waals surface area (Å²) in [6, 6.07) is 0.390. The van der Waals surface area contributed by atoms with E-state index >= 15 is 0 Å². The number of nitrogens with two attached hydrogens (primary N) is 1. The number of hydrogen-bond donors (Lipinski definition) is 3. The van der Waals surface area contributed by atoms with Gasteiger partial charge in [0.15, 0.2) is 5.82 Å². The minimum absolute atomic E-state index is 0.0405. The number of nitrogen functional groups attached to an aromatic ring is 1. The fourth-order valence-electron chi connectivity index (χ4n) is 1.33. The minimum atomic E-state index is 0.0405. The summed E-state index contributed by atoms with van der Waals surface area (Å²) in [5, 5.41) is 5.98. The van der Waals surface area contributed by atoms with E-state index in [1.165, 1.54) is 6.20 Å². The summed E-state index contributed by atoms with van der Waals surface area (Å²) < 4.78 is 0. The van der Waals surface area contributed by atoms with Crippen molar-refractivity contribution in [1.82, 2.24) is 15.3 Å². The normalized spacial score (nSPS) is 14.4. The number of nitrogens with one attached hydrogen (secondary N) is 2. The molecule has 1 amide bonds. The summed E-state index contributed by atoms with van der Waals surface area (Å²) in [5.41, 5.74) is 6.06. The van der Waals surface area contributed by atoms with Crippen LogP contribution in [0.4, 0.5) is 11.5 Å². The third kappa shape index (κ3) is 3.74. The van der Waals surface area contributed by atoms with E-state index in [2.05, 4.69) is 20.6 Å². The van der Waals surface area contributed by atoms with E-state index in [1.807, 2.05) is 0 Å². The standard InChI is InChI=1S/C10H14ClN5O/c11-10-14-5-7(12)9(16-10)13-4-3-8(17)15-6-1-2-6/h5-6H,1-4,12H2,(H,15,17)(H,13,14,16). The van der Waals surface area contributed by atoms with Crippen LogP contribution in [0.25, 0.3) is 0 Å². The second-order valence-corrected chi connectivity index (χ2v) is 4.30. The zero-order valence-corrected chi connectivity index (χ0v) is 10.00. The first-order valence-electron chi connectivity index (χ1n) is 5.46. The Kier molecular flexibility index (Phi) is 3.63. The van der Waals surface area contributed by atoms with Crippen LogP contribution in [0.15, 0.2) is 6.20 Å². The Morgan fingerprint density at radius 3 is 3.06 bits per heavy atom. The molecule has 1 aromatic heterocycles. The van der Waals surface area contributed by atoms with Gasteiger partial charge in [0.05, 0.1) is 11.9 Å². The number of amides is 1. The molecular formula is C10H14ClN5O. The molecule has 0 aromatic carbocycles. The molecule has 1 heterocycles. The molecule has 1 fully saturated rings. The summed E-state index contributed by atoms with van der Waals surface area (Å²) in [4.78, 5) is 19.1. The van der Waals surface area contributed by atoms with Gasteiger partial charge in [0.2, 0.25) is 11.2 Å². The minimum Gasteiger partial charge on any atom is -0.394 e. The predicted octanol–water partition coefficient (Wildman–Crippen LogP) is 0.793. The Hall–Kier alpha value is -1.56. The summed E-state index contributed by atoms with van der Waals surface area (Å²) in [6.07, 6.45) is 4.00. The van der Waals surface area contributed by atoms with Gasteiger partial charge >= 0.3 is 0 Å². The van der Waals surface area contributed by atoms with E-state index < -0.39 is 0 Å². The van der Waals surface area contributed by atoms with E-state index in [4.69, 9.17) is 17.3 Å². The van der Waals surface area contributed by atoms with E-state index in [0.29, 0.717) is 30.5 Å². The van der Waals surface area contributed by atoms with Crippen LogP contribution in [0.2, 0.25) is 5.28 Å². The molecule has 7 heteroatoms. The SMILES string of the molecule is Nc1cnc(Cl)nc1NCCC(=O)NC1CC1. The molecule has 0 atom stereocenters. The highest BCUT2D eigenvalue weighted by Gasteiger charge is 2.22. The summed E-state index contributed by atoms with van der Waals surface area (Å²) in [6.45, 7) is 0.468. The van der Waals surface area contributed by atoms with Gasteiger partial charge in [-0.1, -0.05) is 0 Å². The van der Waals surface area contributed by atoms with Crippen LogP contribution in [0.1, 0.15) is 19.3 Å². The zero-order valence-electron chi connectivity index (χ0n) is 9.24. The van der Waals surface area contributed by atoms with Crippen LogP contribution in [-0.2, 0) is 4.79 Å². The number of anilines is 2. The van der Waals surface area contributed by atoms with Gasteiger partial charge < -0.3 is 16.4 Å². The molecule has 0 aliphatic heterocycles. The van der Waals surface area contributed by atoms with Crippen molar-refractivity contribution in [3.8, 4) is 0 Å². The molecule has 0 unspecified atom stereocenters. The van der Waals surface area contributed by atoms with Crippen LogP contribution in [-0.4, -0.2) is 28.5 Å². The monoisotopic (exact) mass is 255 g/mol. The van der Waals surface area contributed by atoms with Gasteiger partial charge in [0, 0.05) is 19.0 Å². The maximum absolute atomic E-state index is 11.4. The van der Waals surface area contributed by atoms with Crippen LogP contribution >= 0.6 is 11.6 Å². The van der Waals surface area contributed by atoms with E-state index in [9.17, 15) is 4.79 Å². The lowest BCUT2D eigenvalue weighted by Crippen LogP contribution is -2.27. The maximum atomic E-state index is 11.4. The van der Waals surface area contributed by atoms with E-state index in [0.717, 1.165) is 12.8 Å². The first-order valence-corrected chi connectivity index (χ1v) is 5.84. The highest BCUT2D eigenvalue weighted by atomic mass is 35.5. The van der Waals surface area contributed by atoms with E-state index in [1.54, 1.807) is 0 Å². The van der Waals surface area contributed by atoms with Gasteiger partial charge in [-0.3, -0.25) is 4.79 Å². The molecule has 0 spiro atoms. The molecule has 4 N–H and O–H groups in total. The highest BCUT2D eigenvalue weighted by molar-refractivity contribution is 6.28. The molecule has 1 aliphatic rings. The van der Waals surface area contributed by atoms with Gasteiger partial charge in [0.25, 0.3) is 0 Å². The average molecular weight is 256 g/mol. The number of hydrogen-bond acceptors (Lipinski definition) is 5. The van der Waals surface area contributed by atoms with Gasteiger partial charge in [-0.15, -0.1) is 0 Å². The number of carbonyl (C=O) groups excluding carboxylic acids is 1. The second-order valence-electron chi connectivity index (χ2n) is 3.96. The fraction of sp³-hybridized carbons (Fsp3) is 0.500. The molecule has 1 aromatic rings. The van der Waals surface area contributed by atoms with Crippen molar-refractivity contribution in [2.24, 2.45) is 0 Å². The van der Waals surface area contributed by atoms with Crippen molar-refractivity contribution < 1.29 is 4.79 Å². The summed E-state index contributed by atoms with van der Waals surface area (Å²) >= 11 is 5.64. The van der Waals surface area contributed by atoms with Crippen molar-refractivity contribution in [1.29, 1.82) is 0 Å². The molecule has 0 radical (unpaired) electrons. The number of nitrogens with zero attached hydrogens (tertiary/aromatic N) is 2. The molecule has 0 saturated heterocycles. The molecule has 2 rings (SSSR count). The molecule has 17 heavy (non-hydrogen) atoms. The Bertz CT molecular complexity index is 421. The highest BCUT2D eigenvalue weighted by Crippen LogP contribution is 2.19. The lowest BCUT2D eigenvalue weighted by molar-refractivity contribution is -0.120. The van der Waals surface area contributed by atoms with Gasteiger partial charge in [0.1, 0.15) is 0 Å². The number of carbonyl (C=O) groups is 1. The molecule has 0 bridgehead atoms. The second kappa shape index (κ2) is 5.18. The van der Waals surface area contributed by atoms with Crippen LogP contribution in [0.5, 0.6) is 0 Å². The first kappa shape index (κ1) is 11.9. The number of rotatable bonds is 5. The Morgan fingerprint density at radius 1 is 1.59 bits per heavy atom. The number of aromatic nitrogens is 2. The molecule has 92 valence electrons. The van der Waals surface area contributed by atoms with Crippen molar-refractivity contribution in [3.05, 3.63) is 11.5 Å². The maximum Gasteiger partial charge on any atom is 0.224 e. The number of halogens is 1. The topological polar surface area (TPSA) is 92.9 Å². The largest absolute Gasteiger partial charge is 0.394 e. The average Bonchev–Trinajstić information content (AvgIpc) is 3.07. The molecule has 6 nitrogen and oxygen atoms in total. The van der Waals surface area contributed by atoms with Crippen LogP contribution < -0.4 is 16.4 Å². The summed E-state index contributed by atoms with van der Waals surface area (Å²) in [5.74, 6) is 0.503. The Balaban J connectivity index is 1.76. The van der Waals surface area contributed by atoms with Gasteiger partial charge in [-0.2, -0.15) is 4.98 Å². The molecule has 1 saturated carbocycles. The third-order valence-corrected chi connectivity index (χ3v) is 2.56. The van der Waals surface area contributed by atoms with Crippen molar-refractivity contribution >= 4 is 29.0 Å². The Morgan fingerprint density at radius 2 is 2.35 bits per heavy atom. The smallest absolute Gasteiger partial charge is 0.224 e. The van der Waals surface area contributed by atoms with Crippen molar-refractivity contribution in [3.63, 3.8) is 0 Å². The van der Waals surface area contributed by atoms with Crippen LogP contribution in [0.3, 0.4) is 0 Å². The molecular weight excluding hydrogens is 242 g/mol. The predicted molar refractivity (Wildman–Crippen MR) is 65.7 cm³/mol. The fourth-order valence-corrected chi connectivity index (χ4v) is 1.47. The lowest BCUT2D eigenvalue weighted by Gasteiger charge is -2.08. The van der Waals surface area contributed by atoms with Crippen LogP contribution in [0, 0.1) is 0 Å². The van der Waals surface area contributed by atoms with Crippen molar-refractivity contribution in [2.45, 2.75) is 25.3 Å². The summed E-state index contributed by atoms with van der Waals surface area (Å²) in [7, 11) is 0. The van der Waals surface area contributed by atoms with Crippen molar-refractivity contribution in [2.75, 3.05) is 17.6 Å². The van der Waals surface area contributed by atoms with E-state index in [-0.39, 0.29) is 11.2 Å². The Labute approximate surface area is 104 Å².